The second kappa shape index (κ2) is 5.33. The lowest BCUT2D eigenvalue weighted by molar-refractivity contribution is -0.122. The molecule has 19 heavy (non-hydrogen) atoms. The maximum absolute atomic E-state index is 12.4. The molecule has 2 unspecified atom stereocenters. The van der Waals surface area contributed by atoms with Gasteiger partial charge in [0.15, 0.2) is 0 Å². The van der Waals surface area contributed by atoms with Crippen molar-refractivity contribution in [3.8, 4) is 0 Å². The molecule has 2 atom stereocenters. The van der Waals surface area contributed by atoms with Crippen molar-refractivity contribution < 1.29 is 4.79 Å². The van der Waals surface area contributed by atoms with Gasteiger partial charge in [0.25, 0.3) is 0 Å². The molecule has 1 aromatic carbocycles. The fourth-order valence-electron chi connectivity index (χ4n) is 3.07. The lowest BCUT2D eigenvalue weighted by atomic mass is 9.74. The predicted molar refractivity (Wildman–Crippen MR) is 79.1 cm³/mol. The molecule has 2 rings (SSSR count). The monoisotopic (exact) mass is 260 g/mol. The van der Waals surface area contributed by atoms with E-state index >= 15 is 0 Å². The fourth-order valence-corrected chi connectivity index (χ4v) is 3.07. The lowest BCUT2D eigenvalue weighted by Crippen LogP contribution is -2.51. The van der Waals surface area contributed by atoms with Gasteiger partial charge in [0.05, 0.1) is 5.92 Å². The van der Waals surface area contributed by atoms with Gasteiger partial charge in [-0.2, -0.15) is 0 Å². The smallest absolute Gasteiger partial charge is 0.229 e. The molecule has 0 radical (unpaired) electrons. The number of rotatable bonds is 2. The summed E-state index contributed by atoms with van der Waals surface area (Å²) in [6.07, 6.45) is 4.04. The number of anilines is 1. The molecule has 1 aromatic rings. The van der Waals surface area contributed by atoms with Gasteiger partial charge in [-0.15, -0.1) is 0 Å². The van der Waals surface area contributed by atoms with Crippen LogP contribution in [0.4, 0.5) is 5.69 Å². The van der Waals surface area contributed by atoms with Gasteiger partial charge in [-0.25, -0.2) is 0 Å². The molecule has 1 aliphatic carbocycles. The van der Waals surface area contributed by atoms with E-state index in [1.54, 1.807) is 0 Å². The number of amides is 1. The zero-order valence-electron chi connectivity index (χ0n) is 12.1. The molecular formula is C16H24N2O. The number of nitrogens with two attached hydrogens (primary N) is 1. The van der Waals surface area contributed by atoms with E-state index in [2.05, 4.69) is 11.4 Å². The molecule has 1 saturated carbocycles. The van der Waals surface area contributed by atoms with Crippen LogP contribution in [0.1, 0.15) is 43.7 Å². The van der Waals surface area contributed by atoms with Crippen molar-refractivity contribution in [2.45, 2.75) is 52.0 Å². The first-order valence-electron chi connectivity index (χ1n) is 7.06. The average Bonchev–Trinajstić information content (AvgIpc) is 2.26. The highest BCUT2D eigenvalue weighted by atomic mass is 16.1. The molecule has 0 aromatic heterocycles. The Morgan fingerprint density at radius 1 is 1.26 bits per heavy atom. The van der Waals surface area contributed by atoms with E-state index in [0.29, 0.717) is 0 Å². The van der Waals surface area contributed by atoms with Crippen molar-refractivity contribution in [1.82, 2.24) is 0 Å². The maximum Gasteiger partial charge on any atom is 0.229 e. The quantitative estimate of drug-likeness (QED) is 0.858. The van der Waals surface area contributed by atoms with Crippen LogP contribution in [0.25, 0.3) is 0 Å². The SMILES string of the molecule is Cc1cc(C)cc(NC(=O)C2CCCCC2(C)N)c1. The Kier molecular flexibility index (Phi) is 3.95. The lowest BCUT2D eigenvalue weighted by Gasteiger charge is -2.37. The third kappa shape index (κ3) is 3.35. The van der Waals surface area contributed by atoms with E-state index in [0.717, 1.165) is 42.5 Å². The predicted octanol–water partition coefficient (Wildman–Crippen LogP) is 3.15. The fraction of sp³-hybridized carbons (Fsp3) is 0.562. The number of nitrogens with one attached hydrogen (secondary N) is 1. The van der Waals surface area contributed by atoms with Gasteiger partial charge >= 0.3 is 0 Å². The number of hydrogen-bond donors (Lipinski definition) is 2. The summed E-state index contributed by atoms with van der Waals surface area (Å²) in [6, 6.07) is 6.10. The van der Waals surface area contributed by atoms with Crippen LogP contribution >= 0.6 is 0 Å². The van der Waals surface area contributed by atoms with Crippen molar-refractivity contribution in [1.29, 1.82) is 0 Å². The number of aryl methyl sites for hydroxylation is 2. The van der Waals surface area contributed by atoms with Crippen LogP contribution in [0.2, 0.25) is 0 Å². The third-order valence-electron chi connectivity index (χ3n) is 4.06. The Morgan fingerprint density at radius 3 is 2.47 bits per heavy atom. The molecule has 0 spiro atoms. The molecule has 1 aliphatic rings. The van der Waals surface area contributed by atoms with Gasteiger partial charge in [0.2, 0.25) is 5.91 Å². The molecule has 3 heteroatoms. The van der Waals surface area contributed by atoms with E-state index in [1.807, 2.05) is 32.9 Å². The van der Waals surface area contributed by atoms with Crippen LogP contribution in [-0.4, -0.2) is 11.4 Å². The van der Waals surface area contributed by atoms with Gasteiger partial charge in [-0.1, -0.05) is 18.9 Å². The summed E-state index contributed by atoms with van der Waals surface area (Å²) in [5.41, 5.74) is 9.10. The highest BCUT2D eigenvalue weighted by molar-refractivity contribution is 5.93. The minimum absolute atomic E-state index is 0.0645. The summed E-state index contributed by atoms with van der Waals surface area (Å²) in [6.45, 7) is 6.07. The second-order valence-corrected chi connectivity index (χ2v) is 6.17. The van der Waals surface area contributed by atoms with Crippen LogP contribution in [0.5, 0.6) is 0 Å². The van der Waals surface area contributed by atoms with E-state index in [1.165, 1.54) is 0 Å². The Hall–Kier alpha value is -1.35. The van der Waals surface area contributed by atoms with Crippen molar-refractivity contribution in [2.75, 3.05) is 5.32 Å². The standard InChI is InChI=1S/C16H24N2O/c1-11-8-12(2)10-13(9-11)18-15(19)14-6-4-5-7-16(14,3)17/h8-10,14H,4-7,17H2,1-3H3,(H,18,19). The molecule has 1 amide bonds. The number of carbonyl (C=O) groups excluding carboxylic acids is 1. The molecule has 1 fully saturated rings. The highest BCUT2D eigenvalue weighted by Crippen LogP contribution is 2.32. The van der Waals surface area contributed by atoms with E-state index in [-0.39, 0.29) is 17.4 Å². The van der Waals surface area contributed by atoms with Gasteiger partial charge in [-0.3, -0.25) is 4.79 Å². The minimum Gasteiger partial charge on any atom is -0.326 e. The number of hydrogen-bond acceptors (Lipinski definition) is 2. The molecule has 3 N–H and O–H groups in total. The Balaban J connectivity index is 2.12. The number of carbonyl (C=O) groups is 1. The minimum atomic E-state index is -0.374. The van der Waals surface area contributed by atoms with Gasteiger partial charge in [-0.05, 0) is 56.9 Å². The van der Waals surface area contributed by atoms with Crippen molar-refractivity contribution >= 4 is 11.6 Å². The summed E-state index contributed by atoms with van der Waals surface area (Å²) in [5.74, 6) is -0.0169. The van der Waals surface area contributed by atoms with Crippen LogP contribution in [0.3, 0.4) is 0 Å². The third-order valence-corrected chi connectivity index (χ3v) is 4.06. The molecule has 104 valence electrons. The first kappa shape index (κ1) is 14.1. The second-order valence-electron chi connectivity index (χ2n) is 6.17. The molecule has 0 bridgehead atoms. The van der Waals surface area contributed by atoms with Crippen molar-refractivity contribution in [2.24, 2.45) is 11.7 Å². The normalized spacial score (nSPS) is 27.1. The zero-order valence-corrected chi connectivity index (χ0v) is 12.1. The molecule has 3 nitrogen and oxygen atoms in total. The van der Waals surface area contributed by atoms with Crippen LogP contribution in [-0.2, 0) is 4.79 Å². The summed E-state index contributed by atoms with van der Waals surface area (Å²) in [5, 5.41) is 3.03. The summed E-state index contributed by atoms with van der Waals surface area (Å²) in [7, 11) is 0. The highest BCUT2D eigenvalue weighted by Gasteiger charge is 2.37. The van der Waals surface area contributed by atoms with Gasteiger partial charge in [0, 0.05) is 11.2 Å². The maximum atomic E-state index is 12.4. The largest absolute Gasteiger partial charge is 0.326 e. The van der Waals surface area contributed by atoms with E-state index in [9.17, 15) is 4.79 Å². The molecule has 0 saturated heterocycles. The Labute approximate surface area is 115 Å². The topological polar surface area (TPSA) is 55.1 Å². The molecule has 0 aliphatic heterocycles. The van der Waals surface area contributed by atoms with Crippen molar-refractivity contribution in [3.63, 3.8) is 0 Å². The van der Waals surface area contributed by atoms with Crippen LogP contribution in [0, 0.1) is 19.8 Å². The van der Waals surface area contributed by atoms with Crippen molar-refractivity contribution in [3.05, 3.63) is 29.3 Å². The molecular weight excluding hydrogens is 236 g/mol. The average molecular weight is 260 g/mol. The zero-order chi connectivity index (χ0) is 14.0. The summed E-state index contributed by atoms with van der Waals surface area (Å²) >= 11 is 0. The van der Waals surface area contributed by atoms with Gasteiger partial charge < -0.3 is 11.1 Å². The van der Waals surface area contributed by atoms with Gasteiger partial charge in [0.1, 0.15) is 0 Å². The summed E-state index contributed by atoms with van der Waals surface area (Å²) < 4.78 is 0. The van der Waals surface area contributed by atoms with E-state index in [4.69, 9.17) is 5.73 Å². The first-order chi connectivity index (χ1) is 8.88. The summed E-state index contributed by atoms with van der Waals surface area (Å²) in [4.78, 5) is 12.4. The van der Waals surface area contributed by atoms with E-state index < -0.39 is 0 Å². The Bertz CT molecular complexity index is 459. The molecule has 0 heterocycles. The number of benzene rings is 1. The Morgan fingerprint density at radius 2 is 1.89 bits per heavy atom. The van der Waals surface area contributed by atoms with Crippen LogP contribution < -0.4 is 11.1 Å². The first-order valence-corrected chi connectivity index (χ1v) is 7.06. The van der Waals surface area contributed by atoms with Crippen LogP contribution in [0.15, 0.2) is 18.2 Å².